The second-order valence-corrected chi connectivity index (χ2v) is 7.08. The van der Waals surface area contributed by atoms with E-state index in [9.17, 15) is 9.90 Å². The van der Waals surface area contributed by atoms with Gasteiger partial charge in [0.05, 0.1) is 6.61 Å². The number of ether oxygens (including phenoxy) is 1. The molecule has 1 heterocycles. The zero-order valence-corrected chi connectivity index (χ0v) is 16.1. The molecule has 2 aromatic carbocycles. The molecular formula is C20H19Cl2NO3. The fourth-order valence-electron chi connectivity index (χ4n) is 3.06. The lowest BCUT2D eigenvalue weighted by atomic mass is 10.1. The van der Waals surface area contributed by atoms with Gasteiger partial charge >= 0.3 is 5.97 Å². The number of benzene rings is 2. The number of nitrogens with zero attached hydrogens (tertiary/aromatic N) is 1. The molecule has 0 spiro atoms. The molecule has 0 aliphatic carbocycles. The van der Waals surface area contributed by atoms with Crippen LogP contribution in [-0.4, -0.2) is 22.2 Å². The number of fused-ring (bicyclic) bond motifs is 1. The van der Waals surface area contributed by atoms with E-state index in [1.54, 1.807) is 22.8 Å². The summed E-state index contributed by atoms with van der Waals surface area (Å²) in [5.41, 5.74) is 3.05. The van der Waals surface area contributed by atoms with Gasteiger partial charge in [0.15, 0.2) is 0 Å². The first-order chi connectivity index (χ1) is 12.4. The minimum Gasteiger partial charge on any atom is -0.494 e. The van der Waals surface area contributed by atoms with E-state index >= 15 is 0 Å². The van der Waals surface area contributed by atoms with Crippen LogP contribution < -0.4 is 4.74 Å². The third kappa shape index (κ3) is 3.81. The molecule has 3 aromatic rings. The molecule has 4 nitrogen and oxygen atoms in total. The van der Waals surface area contributed by atoms with Crippen LogP contribution in [-0.2, 0) is 6.54 Å². The van der Waals surface area contributed by atoms with Gasteiger partial charge in [0.1, 0.15) is 11.4 Å². The van der Waals surface area contributed by atoms with Crippen LogP contribution in [0.25, 0.3) is 10.9 Å². The van der Waals surface area contributed by atoms with Gasteiger partial charge in [-0.25, -0.2) is 4.79 Å². The third-order valence-electron chi connectivity index (χ3n) is 4.29. The largest absolute Gasteiger partial charge is 0.494 e. The Labute approximate surface area is 161 Å². The minimum atomic E-state index is -0.956. The van der Waals surface area contributed by atoms with Crippen LogP contribution in [0.3, 0.4) is 0 Å². The molecule has 0 amide bonds. The fourth-order valence-corrected chi connectivity index (χ4v) is 3.35. The number of carboxylic acid groups (broad SMARTS) is 1. The summed E-state index contributed by atoms with van der Waals surface area (Å²) in [4.78, 5) is 11.5. The van der Waals surface area contributed by atoms with Gasteiger partial charge in [-0.1, -0.05) is 23.2 Å². The SMILES string of the molecule is Cc1cc(OCCCn2c(C(=O)O)cc3cc(Cl)ccc32)cc(C)c1Cl. The van der Waals surface area contributed by atoms with Crippen molar-refractivity contribution in [3.05, 3.63) is 63.3 Å². The summed E-state index contributed by atoms with van der Waals surface area (Å²) in [7, 11) is 0. The van der Waals surface area contributed by atoms with Crippen molar-refractivity contribution >= 4 is 40.1 Å². The zero-order chi connectivity index (χ0) is 18.8. The Hall–Kier alpha value is -2.17. The molecule has 0 saturated carbocycles. The number of hydrogen-bond acceptors (Lipinski definition) is 2. The second-order valence-electron chi connectivity index (χ2n) is 6.26. The summed E-state index contributed by atoms with van der Waals surface area (Å²) >= 11 is 12.2. The molecule has 3 rings (SSSR count). The lowest BCUT2D eigenvalue weighted by Crippen LogP contribution is -2.11. The average molecular weight is 392 g/mol. The standard InChI is InChI=1S/C20H19Cl2NO3/c1-12-8-16(9-13(2)19(12)22)26-7-3-6-23-17-5-4-15(21)10-14(17)11-18(23)20(24)25/h4-5,8-11H,3,6-7H2,1-2H3,(H,24,25). The topological polar surface area (TPSA) is 51.5 Å². The van der Waals surface area contributed by atoms with Crippen molar-refractivity contribution in [3.8, 4) is 5.75 Å². The Morgan fingerprint density at radius 2 is 1.81 bits per heavy atom. The molecule has 1 aromatic heterocycles. The van der Waals surface area contributed by atoms with E-state index in [2.05, 4.69) is 0 Å². The lowest BCUT2D eigenvalue weighted by Gasteiger charge is -2.12. The number of rotatable bonds is 6. The molecule has 26 heavy (non-hydrogen) atoms. The highest BCUT2D eigenvalue weighted by atomic mass is 35.5. The first kappa shape index (κ1) is 18.6. The van der Waals surface area contributed by atoms with Crippen LogP contribution >= 0.6 is 23.2 Å². The van der Waals surface area contributed by atoms with E-state index in [-0.39, 0.29) is 5.69 Å². The van der Waals surface area contributed by atoms with Crippen LogP contribution in [0.1, 0.15) is 28.0 Å². The molecule has 0 aliphatic heterocycles. The van der Waals surface area contributed by atoms with Crippen molar-refractivity contribution in [1.82, 2.24) is 4.57 Å². The van der Waals surface area contributed by atoms with Gasteiger partial charge in [-0.15, -0.1) is 0 Å². The van der Waals surface area contributed by atoms with E-state index in [0.29, 0.717) is 24.6 Å². The van der Waals surface area contributed by atoms with Crippen molar-refractivity contribution in [3.63, 3.8) is 0 Å². The summed E-state index contributed by atoms with van der Waals surface area (Å²) in [6.45, 7) is 4.90. The number of halogens is 2. The zero-order valence-electron chi connectivity index (χ0n) is 14.6. The summed E-state index contributed by atoms with van der Waals surface area (Å²) in [6.07, 6.45) is 0.674. The summed E-state index contributed by atoms with van der Waals surface area (Å²) in [5.74, 6) is -0.186. The first-order valence-electron chi connectivity index (χ1n) is 8.28. The number of aromatic carboxylic acids is 1. The maximum atomic E-state index is 11.5. The van der Waals surface area contributed by atoms with Gasteiger partial charge in [-0.2, -0.15) is 0 Å². The van der Waals surface area contributed by atoms with Gasteiger partial charge in [0.25, 0.3) is 0 Å². The quantitative estimate of drug-likeness (QED) is 0.545. The molecule has 6 heteroatoms. The molecule has 0 radical (unpaired) electrons. The Bertz CT molecular complexity index is 956. The van der Waals surface area contributed by atoms with E-state index in [0.717, 1.165) is 32.8 Å². The highest BCUT2D eigenvalue weighted by Gasteiger charge is 2.14. The molecular weight excluding hydrogens is 373 g/mol. The van der Waals surface area contributed by atoms with Crippen molar-refractivity contribution in [1.29, 1.82) is 0 Å². The molecule has 136 valence electrons. The van der Waals surface area contributed by atoms with Crippen LogP contribution in [0.2, 0.25) is 10.0 Å². The number of hydrogen-bond donors (Lipinski definition) is 1. The van der Waals surface area contributed by atoms with Crippen LogP contribution in [0.5, 0.6) is 5.75 Å². The van der Waals surface area contributed by atoms with Crippen LogP contribution in [0.15, 0.2) is 36.4 Å². The van der Waals surface area contributed by atoms with E-state index in [1.165, 1.54) is 0 Å². The molecule has 0 aliphatic rings. The smallest absolute Gasteiger partial charge is 0.352 e. The van der Waals surface area contributed by atoms with Gasteiger partial charge in [0, 0.05) is 27.5 Å². The Balaban J connectivity index is 1.72. The molecule has 0 atom stereocenters. The van der Waals surface area contributed by atoms with Gasteiger partial charge in [0.2, 0.25) is 0 Å². The highest BCUT2D eigenvalue weighted by Crippen LogP contribution is 2.26. The molecule has 0 bridgehead atoms. The van der Waals surface area contributed by atoms with E-state index in [1.807, 2.05) is 32.0 Å². The molecule has 1 N–H and O–H groups in total. The Kier molecular flexibility index (Phi) is 5.44. The Morgan fingerprint density at radius 1 is 1.12 bits per heavy atom. The first-order valence-corrected chi connectivity index (χ1v) is 9.04. The highest BCUT2D eigenvalue weighted by molar-refractivity contribution is 6.32. The fraction of sp³-hybridized carbons (Fsp3) is 0.250. The van der Waals surface area contributed by atoms with Crippen molar-refractivity contribution in [2.75, 3.05) is 6.61 Å². The molecule has 0 unspecified atom stereocenters. The van der Waals surface area contributed by atoms with Crippen LogP contribution in [0, 0.1) is 13.8 Å². The molecule has 0 saturated heterocycles. The third-order valence-corrected chi connectivity index (χ3v) is 5.12. The maximum Gasteiger partial charge on any atom is 0.352 e. The summed E-state index contributed by atoms with van der Waals surface area (Å²) in [6, 6.07) is 10.8. The average Bonchev–Trinajstić information content (AvgIpc) is 2.94. The number of aromatic nitrogens is 1. The number of carbonyl (C=O) groups is 1. The predicted octanol–water partition coefficient (Wildman–Crippen LogP) is 5.73. The normalized spacial score (nSPS) is 11.1. The van der Waals surface area contributed by atoms with Crippen molar-refractivity contribution < 1.29 is 14.6 Å². The van der Waals surface area contributed by atoms with E-state index in [4.69, 9.17) is 27.9 Å². The number of carboxylic acids is 1. The predicted molar refractivity (Wildman–Crippen MR) is 105 cm³/mol. The minimum absolute atomic E-state index is 0.250. The maximum absolute atomic E-state index is 11.5. The number of aryl methyl sites for hydroxylation is 3. The van der Waals surface area contributed by atoms with E-state index < -0.39 is 5.97 Å². The van der Waals surface area contributed by atoms with Crippen molar-refractivity contribution in [2.24, 2.45) is 0 Å². The summed E-state index contributed by atoms with van der Waals surface area (Å²) < 4.78 is 7.60. The summed E-state index contributed by atoms with van der Waals surface area (Å²) in [5, 5.41) is 11.6. The second kappa shape index (κ2) is 7.60. The van der Waals surface area contributed by atoms with Crippen molar-refractivity contribution in [2.45, 2.75) is 26.8 Å². The molecule has 0 fully saturated rings. The lowest BCUT2D eigenvalue weighted by molar-refractivity contribution is 0.0685. The van der Waals surface area contributed by atoms with Gasteiger partial charge in [-0.3, -0.25) is 0 Å². The Morgan fingerprint density at radius 3 is 2.46 bits per heavy atom. The van der Waals surface area contributed by atoms with Gasteiger partial charge in [-0.05, 0) is 67.8 Å². The monoisotopic (exact) mass is 391 g/mol. The van der Waals surface area contributed by atoms with Gasteiger partial charge < -0.3 is 14.4 Å². The van der Waals surface area contributed by atoms with Crippen LogP contribution in [0.4, 0.5) is 0 Å².